The SMILES string of the molecule is C[C@@H]1C(OC(=O)c2ccccc2)[C@H](Sc2ccccc2)OC2COC(c3ccccc3)O[C@H]21. The van der Waals surface area contributed by atoms with E-state index in [1.54, 1.807) is 23.9 Å². The third kappa shape index (κ3) is 4.99. The summed E-state index contributed by atoms with van der Waals surface area (Å²) in [6.45, 7) is 2.48. The minimum absolute atomic E-state index is 0.0901. The zero-order chi connectivity index (χ0) is 22.6. The maximum Gasteiger partial charge on any atom is 0.338 e. The number of ether oxygens (including phenoxy) is 4. The van der Waals surface area contributed by atoms with E-state index in [9.17, 15) is 4.79 Å². The number of benzene rings is 3. The molecular weight excluding hydrogens is 436 g/mol. The predicted molar refractivity (Wildman–Crippen MR) is 126 cm³/mol. The fraction of sp³-hybridized carbons (Fsp3) is 0.296. The van der Waals surface area contributed by atoms with Crippen molar-refractivity contribution >= 4 is 17.7 Å². The first kappa shape index (κ1) is 22.2. The molecule has 0 radical (unpaired) electrons. The molecule has 6 heteroatoms. The molecule has 0 saturated carbocycles. The fourth-order valence-corrected chi connectivity index (χ4v) is 5.47. The molecule has 3 aromatic carbocycles. The van der Waals surface area contributed by atoms with Crippen LogP contribution in [0.15, 0.2) is 95.9 Å². The number of carbonyl (C=O) groups excluding carboxylic acids is 1. The van der Waals surface area contributed by atoms with Crippen molar-refractivity contribution < 1.29 is 23.7 Å². The molecule has 0 bridgehead atoms. The Morgan fingerprint density at radius 2 is 1.52 bits per heavy atom. The maximum atomic E-state index is 12.9. The average molecular weight is 463 g/mol. The van der Waals surface area contributed by atoms with Crippen molar-refractivity contribution in [1.82, 2.24) is 0 Å². The maximum absolute atomic E-state index is 12.9. The van der Waals surface area contributed by atoms with E-state index in [1.165, 1.54) is 0 Å². The second-order valence-corrected chi connectivity index (χ2v) is 9.42. The van der Waals surface area contributed by atoms with Crippen molar-refractivity contribution in [1.29, 1.82) is 0 Å². The van der Waals surface area contributed by atoms with E-state index in [-0.39, 0.29) is 29.5 Å². The van der Waals surface area contributed by atoms with Gasteiger partial charge in [-0.05, 0) is 24.3 Å². The van der Waals surface area contributed by atoms with Gasteiger partial charge in [0.05, 0.1) is 18.3 Å². The monoisotopic (exact) mass is 462 g/mol. The Bertz CT molecular complexity index is 1050. The number of hydrogen-bond donors (Lipinski definition) is 0. The summed E-state index contributed by atoms with van der Waals surface area (Å²) in [6, 6.07) is 28.9. The van der Waals surface area contributed by atoms with E-state index >= 15 is 0 Å². The zero-order valence-corrected chi connectivity index (χ0v) is 19.1. The Labute approximate surface area is 198 Å². The Morgan fingerprint density at radius 3 is 2.21 bits per heavy atom. The van der Waals surface area contributed by atoms with E-state index in [4.69, 9.17) is 18.9 Å². The molecule has 170 valence electrons. The van der Waals surface area contributed by atoms with Crippen molar-refractivity contribution in [3.63, 3.8) is 0 Å². The lowest BCUT2D eigenvalue weighted by Crippen LogP contribution is -2.58. The molecule has 2 aliphatic heterocycles. The summed E-state index contributed by atoms with van der Waals surface area (Å²) in [7, 11) is 0. The van der Waals surface area contributed by atoms with Gasteiger partial charge in [0.2, 0.25) is 0 Å². The first-order chi connectivity index (χ1) is 16.2. The first-order valence-electron chi connectivity index (χ1n) is 11.1. The lowest BCUT2D eigenvalue weighted by molar-refractivity contribution is -0.306. The number of hydrogen-bond acceptors (Lipinski definition) is 6. The van der Waals surface area contributed by atoms with Crippen molar-refractivity contribution in [3.8, 4) is 0 Å². The Kier molecular flexibility index (Phi) is 6.78. The molecule has 0 aromatic heterocycles. The first-order valence-corrected chi connectivity index (χ1v) is 12.0. The van der Waals surface area contributed by atoms with Crippen LogP contribution in [-0.2, 0) is 18.9 Å². The third-order valence-corrected chi connectivity index (χ3v) is 7.15. The van der Waals surface area contributed by atoms with Gasteiger partial charge in [0.25, 0.3) is 0 Å². The van der Waals surface area contributed by atoms with E-state index < -0.39 is 12.4 Å². The van der Waals surface area contributed by atoms with Gasteiger partial charge in [0.15, 0.2) is 6.29 Å². The van der Waals surface area contributed by atoms with Crippen molar-refractivity contribution in [3.05, 3.63) is 102 Å². The molecule has 3 unspecified atom stereocenters. The van der Waals surface area contributed by atoms with Crippen LogP contribution in [0.3, 0.4) is 0 Å². The average Bonchev–Trinajstić information content (AvgIpc) is 2.88. The number of fused-ring (bicyclic) bond motifs is 1. The molecule has 0 N–H and O–H groups in total. The van der Waals surface area contributed by atoms with Crippen LogP contribution in [-0.4, -0.2) is 36.3 Å². The number of rotatable bonds is 5. The molecule has 5 rings (SSSR count). The largest absolute Gasteiger partial charge is 0.455 e. The molecule has 33 heavy (non-hydrogen) atoms. The third-order valence-electron chi connectivity index (χ3n) is 5.99. The summed E-state index contributed by atoms with van der Waals surface area (Å²) in [5.41, 5.74) is 1.10. The second-order valence-electron chi connectivity index (χ2n) is 8.25. The highest BCUT2D eigenvalue weighted by molar-refractivity contribution is 7.99. The van der Waals surface area contributed by atoms with Gasteiger partial charge in [-0.15, -0.1) is 0 Å². The van der Waals surface area contributed by atoms with Gasteiger partial charge in [0.1, 0.15) is 17.6 Å². The smallest absolute Gasteiger partial charge is 0.338 e. The van der Waals surface area contributed by atoms with E-state index in [2.05, 4.69) is 6.92 Å². The van der Waals surface area contributed by atoms with E-state index in [1.807, 2.05) is 78.9 Å². The zero-order valence-electron chi connectivity index (χ0n) is 18.3. The normalized spacial score (nSPS) is 29.1. The van der Waals surface area contributed by atoms with Gasteiger partial charge in [-0.25, -0.2) is 4.79 Å². The summed E-state index contributed by atoms with van der Waals surface area (Å²) in [5, 5.41) is 0. The molecule has 2 fully saturated rings. The fourth-order valence-electron chi connectivity index (χ4n) is 4.25. The van der Waals surface area contributed by atoms with Crippen LogP contribution in [0, 0.1) is 5.92 Å². The second kappa shape index (κ2) is 10.1. The lowest BCUT2D eigenvalue weighted by Gasteiger charge is -2.48. The Hall–Kier alpha value is -2.64. The number of thioether (sulfide) groups is 1. The molecule has 2 aliphatic rings. The van der Waals surface area contributed by atoms with Crippen LogP contribution >= 0.6 is 11.8 Å². The minimum Gasteiger partial charge on any atom is -0.455 e. The molecule has 0 amide bonds. The van der Waals surface area contributed by atoms with Crippen LogP contribution in [0.5, 0.6) is 0 Å². The quantitative estimate of drug-likeness (QED) is 0.468. The van der Waals surface area contributed by atoms with Crippen molar-refractivity contribution in [2.75, 3.05) is 6.61 Å². The van der Waals surface area contributed by atoms with Gasteiger partial charge >= 0.3 is 5.97 Å². The van der Waals surface area contributed by atoms with Crippen LogP contribution < -0.4 is 0 Å². The van der Waals surface area contributed by atoms with Crippen LogP contribution in [0.2, 0.25) is 0 Å². The minimum atomic E-state index is -0.487. The number of esters is 1. The molecule has 0 spiro atoms. The van der Waals surface area contributed by atoms with Gasteiger partial charge in [0, 0.05) is 16.4 Å². The molecule has 6 atom stereocenters. The van der Waals surface area contributed by atoms with Crippen LogP contribution in [0.4, 0.5) is 0 Å². The molecule has 5 nitrogen and oxygen atoms in total. The highest BCUT2D eigenvalue weighted by atomic mass is 32.2. The van der Waals surface area contributed by atoms with Crippen molar-refractivity contribution in [2.45, 2.75) is 41.9 Å². The molecule has 2 heterocycles. The lowest BCUT2D eigenvalue weighted by atomic mass is 9.90. The molecule has 0 aliphatic carbocycles. The van der Waals surface area contributed by atoms with Crippen LogP contribution in [0.25, 0.3) is 0 Å². The van der Waals surface area contributed by atoms with Gasteiger partial charge in [-0.1, -0.05) is 85.4 Å². The standard InChI is InChI=1S/C27H26O5S/c1-18-23-22(17-29-26(32-23)20-13-7-3-8-14-20)30-27(33-21-15-9-4-10-16-21)24(18)31-25(28)19-11-5-2-6-12-19/h2-16,18,22-24,26-27H,17H2,1H3/t18-,22?,23-,24?,26?,27-/m0/s1. The van der Waals surface area contributed by atoms with Crippen LogP contribution in [0.1, 0.15) is 29.1 Å². The summed E-state index contributed by atoms with van der Waals surface area (Å²) in [5.74, 6) is -0.451. The summed E-state index contributed by atoms with van der Waals surface area (Å²) in [4.78, 5) is 14.0. The van der Waals surface area contributed by atoms with Crippen molar-refractivity contribution in [2.24, 2.45) is 5.92 Å². The van der Waals surface area contributed by atoms with E-state index in [0.717, 1.165) is 10.5 Å². The van der Waals surface area contributed by atoms with Gasteiger partial charge < -0.3 is 18.9 Å². The van der Waals surface area contributed by atoms with Gasteiger partial charge in [-0.2, -0.15) is 0 Å². The summed E-state index contributed by atoms with van der Waals surface area (Å²) >= 11 is 1.56. The number of carbonyl (C=O) groups is 1. The molecule has 2 saturated heterocycles. The topological polar surface area (TPSA) is 54.0 Å². The Morgan fingerprint density at radius 1 is 0.879 bits per heavy atom. The predicted octanol–water partition coefficient (Wildman–Crippen LogP) is 5.48. The highest BCUT2D eigenvalue weighted by Gasteiger charge is 2.50. The summed E-state index contributed by atoms with van der Waals surface area (Å²) < 4.78 is 24.9. The Balaban J connectivity index is 1.38. The highest BCUT2D eigenvalue weighted by Crippen LogP contribution is 2.42. The molecular formula is C27H26O5S. The van der Waals surface area contributed by atoms with Gasteiger partial charge in [-0.3, -0.25) is 0 Å². The molecule has 3 aromatic rings. The van der Waals surface area contributed by atoms with E-state index in [0.29, 0.717) is 12.2 Å². The summed E-state index contributed by atoms with van der Waals surface area (Å²) in [6.07, 6.45) is -1.46.